The molecule has 0 radical (unpaired) electrons. The first-order chi connectivity index (χ1) is 11.1. The van der Waals surface area contributed by atoms with Crippen molar-refractivity contribution in [1.82, 2.24) is 5.32 Å². The number of benzene rings is 1. The lowest BCUT2D eigenvalue weighted by molar-refractivity contribution is -0.121. The van der Waals surface area contributed by atoms with Crippen LogP contribution in [0.3, 0.4) is 0 Å². The number of ketones is 1. The molecule has 1 N–H and O–H groups in total. The second kappa shape index (κ2) is 9.30. The van der Waals surface area contributed by atoms with E-state index >= 15 is 0 Å². The smallest absolute Gasteiger partial charge is 0.220 e. The highest BCUT2D eigenvalue weighted by atomic mass is 16.5. The Labute approximate surface area is 137 Å². The summed E-state index contributed by atoms with van der Waals surface area (Å²) in [7, 11) is 0. The number of ether oxygens (including phenoxy) is 2. The molecule has 1 fully saturated rings. The van der Waals surface area contributed by atoms with Gasteiger partial charge in [0.15, 0.2) is 5.78 Å². The quantitative estimate of drug-likeness (QED) is 0.561. The van der Waals surface area contributed by atoms with Gasteiger partial charge in [0, 0.05) is 25.1 Å². The molecule has 5 heteroatoms. The summed E-state index contributed by atoms with van der Waals surface area (Å²) in [5.74, 6) is 0.724. The third-order valence-corrected chi connectivity index (χ3v) is 3.87. The molecular formula is C18H25NO4. The van der Waals surface area contributed by atoms with E-state index in [1.807, 2.05) is 6.07 Å². The maximum Gasteiger partial charge on any atom is 0.220 e. The SMILES string of the molecule is CC(=O)c1cccc(OCCCC(=O)NCCC2CCCO2)c1. The van der Waals surface area contributed by atoms with Gasteiger partial charge in [-0.1, -0.05) is 12.1 Å². The van der Waals surface area contributed by atoms with Crippen molar-refractivity contribution in [3.05, 3.63) is 29.8 Å². The normalized spacial score (nSPS) is 17.0. The minimum absolute atomic E-state index is 0.0149. The zero-order valence-corrected chi connectivity index (χ0v) is 13.7. The lowest BCUT2D eigenvalue weighted by atomic mass is 10.1. The number of Topliss-reactive ketones (excluding diaryl/α,β-unsaturated/α-hetero) is 1. The molecule has 0 aliphatic carbocycles. The van der Waals surface area contributed by atoms with E-state index in [2.05, 4.69) is 5.32 Å². The third kappa shape index (κ3) is 6.40. The van der Waals surface area contributed by atoms with E-state index in [0.717, 1.165) is 25.9 Å². The molecule has 1 atom stereocenters. The van der Waals surface area contributed by atoms with E-state index in [1.54, 1.807) is 18.2 Å². The predicted octanol–water partition coefficient (Wildman–Crippen LogP) is 2.73. The average Bonchev–Trinajstić information content (AvgIpc) is 3.05. The minimum Gasteiger partial charge on any atom is -0.494 e. The highest BCUT2D eigenvalue weighted by Gasteiger charge is 2.15. The van der Waals surface area contributed by atoms with Crippen LogP contribution in [-0.2, 0) is 9.53 Å². The molecule has 1 aliphatic heterocycles. The number of carbonyl (C=O) groups is 2. The second-order valence-corrected chi connectivity index (χ2v) is 5.81. The summed E-state index contributed by atoms with van der Waals surface area (Å²) in [6, 6.07) is 7.10. The van der Waals surface area contributed by atoms with Crippen molar-refractivity contribution in [3.8, 4) is 5.75 Å². The summed E-state index contributed by atoms with van der Waals surface area (Å²) in [5.41, 5.74) is 0.634. The number of carbonyl (C=O) groups excluding carboxylic acids is 2. The van der Waals surface area contributed by atoms with Gasteiger partial charge in [-0.3, -0.25) is 9.59 Å². The van der Waals surface area contributed by atoms with E-state index in [1.165, 1.54) is 6.92 Å². The molecule has 1 unspecified atom stereocenters. The van der Waals surface area contributed by atoms with Crippen LogP contribution in [0.25, 0.3) is 0 Å². The summed E-state index contributed by atoms with van der Waals surface area (Å²) in [6.07, 6.45) is 4.52. The van der Waals surface area contributed by atoms with Crippen molar-refractivity contribution < 1.29 is 19.1 Å². The topological polar surface area (TPSA) is 64.6 Å². The van der Waals surface area contributed by atoms with Crippen LogP contribution in [0.4, 0.5) is 0 Å². The molecular weight excluding hydrogens is 294 g/mol. The number of hydrogen-bond acceptors (Lipinski definition) is 4. The first kappa shape index (κ1) is 17.5. The molecule has 1 amide bonds. The van der Waals surface area contributed by atoms with Crippen molar-refractivity contribution in [3.63, 3.8) is 0 Å². The average molecular weight is 319 g/mol. The predicted molar refractivity (Wildman–Crippen MR) is 87.8 cm³/mol. The molecule has 1 aromatic rings. The number of amides is 1. The molecule has 1 heterocycles. The Kier molecular flexibility index (Phi) is 7.07. The van der Waals surface area contributed by atoms with Gasteiger partial charge in [-0.2, -0.15) is 0 Å². The molecule has 5 nitrogen and oxygen atoms in total. The minimum atomic E-state index is 0.0149. The second-order valence-electron chi connectivity index (χ2n) is 5.81. The van der Waals surface area contributed by atoms with Gasteiger partial charge in [-0.05, 0) is 44.7 Å². The molecule has 1 aromatic carbocycles. The van der Waals surface area contributed by atoms with Crippen LogP contribution in [0, 0.1) is 0 Å². The summed E-state index contributed by atoms with van der Waals surface area (Å²) in [4.78, 5) is 23.0. The molecule has 0 saturated carbocycles. The molecule has 2 rings (SSSR count). The Hall–Kier alpha value is -1.88. The van der Waals surface area contributed by atoms with E-state index in [9.17, 15) is 9.59 Å². The standard InChI is InChI=1S/C18H25NO4/c1-14(20)15-5-2-6-17(13-15)23-12-4-8-18(21)19-10-9-16-7-3-11-22-16/h2,5-6,13,16H,3-4,7-12H2,1H3,(H,19,21). The zero-order chi connectivity index (χ0) is 16.5. The summed E-state index contributed by atoms with van der Waals surface area (Å²) in [5, 5.41) is 2.91. The Morgan fingerprint density at radius 2 is 2.26 bits per heavy atom. The highest BCUT2D eigenvalue weighted by molar-refractivity contribution is 5.94. The van der Waals surface area contributed by atoms with Crippen LogP contribution in [-0.4, -0.2) is 37.6 Å². The van der Waals surface area contributed by atoms with Gasteiger partial charge in [0.1, 0.15) is 5.75 Å². The fourth-order valence-corrected chi connectivity index (χ4v) is 2.56. The molecule has 0 aromatic heterocycles. The van der Waals surface area contributed by atoms with Crippen molar-refractivity contribution in [2.75, 3.05) is 19.8 Å². The Bertz CT molecular complexity index is 524. The Balaban J connectivity index is 1.56. The first-order valence-electron chi connectivity index (χ1n) is 8.27. The van der Waals surface area contributed by atoms with Crippen molar-refractivity contribution >= 4 is 11.7 Å². The first-order valence-corrected chi connectivity index (χ1v) is 8.27. The van der Waals surface area contributed by atoms with Gasteiger partial charge in [-0.25, -0.2) is 0 Å². The maximum absolute atomic E-state index is 11.7. The molecule has 0 bridgehead atoms. The van der Waals surface area contributed by atoms with Crippen LogP contribution >= 0.6 is 0 Å². The molecule has 126 valence electrons. The Morgan fingerprint density at radius 1 is 1.39 bits per heavy atom. The monoisotopic (exact) mass is 319 g/mol. The van der Waals surface area contributed by atoms with Crippen LogP contribution in [0.2, 0.25) is 0 Å². The van der Waals surface area contributed by atoms with E-state index < -0.39 is 0 Å². The maximum atomic E-state index is 11.7. The van der Waals surface area contributed by atoms with Gasteiger partial charge in [0.05, 0.1) is 12.7 Å². The van der Waals surface area contributed by atoms with Crippen LogP contribution in [0.5, 0.6) is 5.75 Å². The fraction of sp³-hybridized carbons (Fsp3) is 0.556. The van der Waals surface area contributed by atoms with Gasteiger partial charge < -0.3 is 14.8 Å². The summed E-state index contributed by atoms with van der Waals surface area (Å²) in [6.45, 7) is 3.51. The van der Waals surface area contributed by atoms with Crippen molar-refractivity contribution in [1.29, 1.82) is 0 Å². The van der Waals surface area contributed by atoms with Crippen LogP contribution < -0.4 is 10.1 Å². The van der Waals surface area contributed by atoms with E-state index in [0.29, 0.717) is 43.4 Å². The lowest BCUT2D eigenvalue weighted by Crippen LogP contribution is -2.27. The molecule has 1 aliphatic rings. The third-order valence-electron chi connectivity index (χ3n) is 3.87. The van der Waals surface area contributed by atoms with Gasteiger partial charge in [0.2, 0.25) is 5.91 Å². The number of nitrogens with one attached hydrogen (secondary N) is 1. The van der Waals surface area contributed by atoms with E-state index in [4.69, 9.17) is 9.47 Å². The molecule has 0 spiro atoms. The molecule has 23 heavy (non-hydrogen) atoms. The van der Waals surface area contributed by atoms with Crippen LogP contribution in [0.1, 0.15) is 49.4 Å². The highest BCUT2D eigenvalue weighted by Crippen LogP contribution is 2.15. The zero-order valence-electron chi connectivity index (χ0n) is 13.7. The fourth-order valence-electron chi connectivity index (χ4n) is 2.56. The van der Waals surface area contributed by atoms with Crippen molar-refractivity contribution in [2.45, 2.75) is 45.1 Å². The Morgan fingerprint density at radius 3 is 3.00 bits per heavy atom. The van der Waals surface area contributed by atoms with Gasteiger partial charge in [0.25, 0.3) is 0 Å². The van der Waals surface area contributed by atoms with E-state index in [-0.39, 0.29) is 11.7 Å². The summed E-state index contributed by atoms with van der Waals surface area (Å²) >= 11 is 0. The number of rotatable bonds is 9. The summed E-state index contributed by atoms with van der Waals surface area (Å²) < 4.78 is 11.1. The van der Waals surface area contributed by atoms with Crippen molar-refractivity contribution in [2.24, 2.45) is 0 Å². The molecule has 1 saturated heterocycles. The van der Waals surface area contributed by atoms with Gasteiger partial charge in [-0.15, -0.1) is 0 Å². The van der Waals surface area contributed by atoms with Gasteiger partial charge >= 0.3 is 0 Å². The lowest BCUT2D eigenvalue weighted by Gasteiger charge is -2.10. The number of hydrogen-bond donors (Lipinski definition) is 1. The van der Waals surface area contributed by atoms with Crippen LogP contribution in [0.15, 0.2) is 24.3 Å². The largest absolute Gasteiger partial charge is 0.494 e.